The number of hydrogen-bond donors (Lipinski definition) is 1. The molecule has 2 aromatic rings. The average Bonchev–Trinajstić information content (AvgIpc) is 2.99. The van der Waals surface area contributed by atoms with Crippen LogP contribution in [-0.2, 0) is 0 Å². The molecule has 0 aromatic heterocycles. The fourth-order valence-electron chi connectivity index (χ4n) is 4.41. The van der Waals surface area contributed by atoms with E-state index in [-0.39, 0.29) is 17.8 Å². The van der Waals surface area contributed by atoms with Crippen molar-refractivity contribution < 1.29 is 27.5 Å². The van der Waals surface area contributed by atoms with Crippen LogP contribution in [0.1, 0.15) is 53.3 Å². The van der Waals surface area contributed by atoms with Gasteiger partial charge in [-0.1, -0.05) is 12.5 Å². The van der Waals surface area contributed by atoms with Crippen LogP contribution in [0.3, 0.4) is 0 Å². The summed E-state index contributed by atoms with van der Waals surface area (Å²) in [6, 6.07) is 10.0. The van der Waals surface area contributed by atoms with Crippen LogP contribution < -0.4 is 15.0 Å². The van der Waals surface area contributed by atoms with Gasteiger partial charge in [0.15, 0.2) is 0 Å². The molecule has 0 spiro atoms. The number of rotatable bonds is 4. The fourth-order valence-corrected chi connectivity index (χ4v) is 4.41. The summed E-state index contributed by atoms with van der Waals surface area (Å²) in [5.74, 6) is -0.929. The fraction of sp³-hybridized carbons (Fsp3) is 0.391. The van der Waals surface area contributed by atoms with E-state index in [0.717, 1.165) is 44.4 Å². The van der Waals surface area contributed by atoms with E-state index >= 15 is 0 Å². The summed E-state index contributed by atoms with van der Waals surface area (Å²) >= 11 is 0. The Kier molecular flexibility index (Phi) is 5.99. The quantitative estimate of drug-likeness (QED) is 0.715. The molecule has 2 heterocycles. The molecule has 1 atom stereocenters. The van der Waals surface area contributed by atoms with Crippen molar-refractivity contribution in [1.29, 1.82) is 0 Å². The minimum absolute atomic E-state index is 0.0273. The SMILES string of the molecule is CCN1c2cc(C(=O)Nc3cccc(OC(F)(F)F)c3)ccc2C(=O)N2CCCCC[C@@H]21. The summed E-state index contributed by atoms with van der Waals surface area (Å²) < 4.78 is 41.3. The summed E-state index contributed by atoms with van der Waals surface area (Å²) in [6.07, 6.45) is -0.871. The number of halogens is 3. The lowest BCUT2D eigenvalue weighted by Crippen LogP contribution is -2.55. The highest BCUT2D eigenvalue weighted by Crippen LogP contribution is 2.35. The number of ether oxygens (including phenoxy) is 1. The van der Waals surface area contributed by atoms with Crippen LogP contribution in [0.15, 0.2) is 42.5 Å². The Morgan fingerprint density at radius 1 is 1.16 bits per heavy atom. The molecule has 9 heteroatoms. The third-order valence-corrected chi connectivity index (χ3v) is 5.81. The second-order valence-electron chi connectivity index (χ2n) is 7.88. The Morgan fingerprint density at radius 2 is 1.97 bits per heavy atom. The van der Waals surface area contributed by atoms with Crippen LogP contribution in [0, 0.1) is 0 Å². The van der Waals surface area contributed by atoms with Gasteiger partial charge in [-0.25, -0.2) is 0 Å². The maximum atomic E-state index is 13.1. The maximum absolute atomic E-state index is 13.1. The molecule has 4 rings (SSSR count). The Morgan fingerprint density at radius 3 is 2.72 bits per heavy atom. The average molecular weight is 447 g/mol. The van der Waals surface area contributed by atoms with Gasteiger partial charge < -0.3 is 19.9 Å². The van der Waals surface area contributed by atoms with E-state index in [2.05, 4.69) is 15.0 Å². The lowest BCUT2D eigenvalue weighted by atomic mass is 10.0. The molecule has 0 saturated carbocycles. The molecular weight excluding hydrogens is 423 g/mol. The molecule has 170 valence electrons. The van der Waals surface area contributed by atoms with Crippen molar-refractivity contribution in [2.45, 2.75) is 45.1 Å². The van der Waals surface area contributed by atoms with E-state index in [0.29, 0.717) is 23.4 Å². The Balaban J connectivity index is 1.59. The highest BCUT2D eigenvalue weighted by Gasteiger charge is 2.37. The second-order valence-corrected chi connectivity index (χ2v) is 7.88. The normalized spacial score (nSPS) is 18.5. The number of hydrogen-bond acceptors (Lipinski definition) is 4. The maximum Gasteiger partial charge on any atom is 0.573 e. The molecule has 6 nitrogen and oxygen atoms in total. The number of anilines is 2. The van der Waals surface area contributed by atoms with E-state index in [4.69, 9.17) is 0 Å². The first-order valence-corrected chi connectivity index (χ1v) is 10.7. The van der Waals surface area contributed by atoms with Gasteiger partial charge in [-0.15, -0.1) is 13.2 Å². The van der Waals surface area contributed by atoms with E-state index in [1.54, 1.807) is 18.2 Å². The second kappa shape index (κ2) is 8.72. The van der Waals surface area contributed by atoms with Crippen molar-refractivity contribution in [2.75, 3.05) is 23.3 Å². The van der Waals surface area contributed by atoms with E-state index in [9.17, 15) is 22.8 Å². The lowest BCUT2D eigenvalue weighted by molar-refractivity contribution is -0.274. The molecule has 0 unspecified atom stereocenters. The predicted octanol–water partition coefficient (Wildman–Crippen LogP) is 5.02. The molecule has 1 saturated heterocycles. The monoisotopic (exact) mass is 447 g/mol. The largest absolute Gasteiger partial charge is 0.573 e. The molecular formula is C23H24F3N3O3. The molecule has 32 heavy (non-hydrogen) atoms. The van der Waals surface area contributed by atoms with Crippen molar-refractivity contribution in [3.63, 3.8) is 0 Å². The minimum Gasteiger partial charge on any atom is -0.406 e. The first kappa shape index (κ1) is 22.0. The van der Waals surface area contributed by atoms with E-state index in [1.165, 1.54) is 12.1 Å². The first-order valence-electron chi connectivity index (χ1n) is 10.7. The van der Waals surface area contributed by atoms with Crippen LogP contribution in [0.5, 0.6) is 5.75 Å². The molecule has 1 fully saturated rings. The smallest absolute Gasteiger partial charge is 0.406 e. The van der Waals surface area contributed by atoms with Gasteiger partial charge in [-0.2, -0.15) is 0 Å². The predicted molar refractivity (Wildman–Crippen MR) is 114 cm³/mol. The standard InChI is InChI=1S/C23H24F3N3O3/c1-2-28-19-13-15(10-11-18(19)22(31)29-12-5-3-4-9-20(28)29)21(30)27-16-7-6-8-17(14-16)32-23(24,25)26/h6-8,10-11,13-14,20H,2-5,9,12H2,1H3,(H,27,30)/t20-/m1/s1. The van der Waals surface area contributed by atoms with Crippen molar-refractivity contribution in [3.8, 4) is 5.75 Å². The minimum atomic E-state index is -4.82. The summed E-state index contributed by atoms with van der Waals surface area (Å²) in [7, 11) is 0. The zero-order chi connectivity index (χ0) is 22.9. The van der Waals surface area contributed by atoms with Crippen molar-refractivity contribution >= 4 is 23.2 Å². The molecule has 2 aromatic carbocycles. The zero-order valence-electron chi connectivity index (χ0n) is 17.6. The van der Waals surface area contributed by atoms with Crippen LogP contribution in [0.2, 0.25) is 0 Å². The van der Waals surface area contributed by atoms with E-state index < -0.39 is 18.0 Å². The van der Waals surface area contributed by atoms with Crippen LogP contribution in [-0.4, -0.2) is 42.3 Å². The summed E-state index contributed by atoms with van der Waals surface area (Å²) in [5.41, 5.74) is 1.76. The lowest BCUT2D eigenvalue weighted by Gasteiger charge is -2.44. The number of nitrogens with one attached hydrogen (secondary N) is 1. The van der Waals surface area contributed by atoms with Crippen LogP contribution >= 0.6 is 0 Å². The van der Waals surface area contributed by atoms with Gasteiger partial charge in [0.1, 0.15) is 11.9 Å². The van der Waals surface area contributed by atoms with Crippen molar-refractivity contribution in [2.24, 2.45) is 0 Å². The van der Waals surface area contributed by atoms with Gasteiger partial charge >= 0.3 is 6.36 Å². The summed E-state index contributed by atoms with van der Waals surface area (Å²) in [4.78, 5) is 30.0. The first-order chi connectivity index (χ1) is 15.3. The molecule has 0 aliphatic carbocycles. The van der Waals surface area contributed by atoms with Gasteiger partial charge in [0.2, 0.25) is 0 Å². The Labute approximate surface area is 183 Å². The number of carbonyl (C=O) groups excluding carboxylic acids is 2. The number of benzene rings is 2. The molecule has 0 radical (unpaired) electrons. The number of carbonyl (C=O) groups is 2. The highest BCUT2D eigenvalue weighted by molar-refractivity contribution is 6.08. The summed E-state index contributed by atoms with van der Waals surface area (Å²) in [5, 5.41) is 2.60. The van der Waals surface area contributed by atoms with Gasteiger partial charge in [0.25, 0.3) is 11.8 Å². The number of nitrogens with zero attached hydrogens (tertiary/aromatic N) is 2. The zero-order valence-corrected chi connectivity index (χ0v) is 17.6. The molecule has 2 aliphatic rings. The summed E-state index contributed by atoms with van der Waals surface area (Å²) in [6.45, 7) is 3.42. The molecule has 1 N–H and O–H groups in total. The molecule has 2 amide bonds. The number of amides is 2. The van der Waals surface area contributed by atoms with Crippen molar-refractivity contribution in [3.05, 3.63) is 53.6 Å². The van der Waals surface area contributed by atoms with Gasteiger partial charge in [0.05, 0.1) is 11.3 Å². The van der Waals surface area contributed by atoms with Crippen LogP contribution in [0.4, 0.5) is 24.5 Å². The van der Waals surface area contributed by atoms with E-state index in [1.807, 2.05) is 11.8 Å². The Hall–Kier alpha value is -3.23. The highest BCUT2D eigenvalue weighted by atomic mass is 19.4. The number of fused-ring (bicyclic) bond motifs is 2. The topological polar surface area (TPSA) is 61.9 Å². The third kappa shape index (κ3) is 4.51. The third-order valence-electron chi connectivity index (χ3n) is 5.81. The Bertz CT molecular complexity index is 1030. The van der Waals surface area contributed by atoms with Gasteiger partial charge in [-0.3, -0.25) is 9.59 Å². The molecule has 2 aliphatic heterocycles. The number of alkyl halides is 3. The van der Waals surface area contributed by atoms with Crippen LogP contribution in [0.25, 0.3) is 0 Å². The van der Waals surface area contributed by atoms with Gasteiger partial charge in [-0.05, 0) is 56.5 Å². The van der Waals surface area contributed by atoms with Gasteiger partial charge in [0, 0.05) is 30.4 Å². The van der Waals surface area contributed by atoms with Crippen molar-refractivity contribution in [1.82, 2.24) is 4.90 Å². The molecule has 0 bridgehead atoms.